The van der Waals surface area contributed by atoms with Gasteiger partial charge in [-0.1, -0.05) is 185 Å². The maximum Gasteiger partial charge on any atom is 0.127 e. The van der Waals surface area contributed by atoms with E-state index in [2.05, 4.69) is 131 Å². The van der Waals surface area contributed by atoms with E-state index >= 15 is 0 Å². The predicted octanol–water partition coefficient (Wildman–Crippen LogP) is 13.5. The molecule has 0 saturated carbocycles. The number of fused-ring (bicyclic) bond motifs is 3. The fourth-order valence-electron chi connectivity index (χ4n) is 7.03. The van der Waals surface area contributed by atoms with E-state index in [9.17, 15) is 0 Å². The number of hydrogen-bond donors (Lipinski definition) is 0. The third-order valence-electron chi connectivity index (χ3n) is 11.4. The molecule has 8 aromatic rings. The van der Waals surface area contributed by atoms with Gasteiger partial charge in [0.05, 0.1) is 19.8 Å². The van der Waals surface area contributed by atoms with Crippen LogP contribution in [0.2, 0.25) is 0 Å². The molecule has 6 nitrogen and oxygen atoms in total. The molecule has 3 saturated heterocycles. The van der Waals surface area contributed by atoms with Crippen molar-refractivity contribution in [2.45, 2.75) is 71.7 Å². The Morgan fingerprint density at radius 2 is 0.554 bits per heavy atom. The lowest BCUT2D eigenvalue weighted by atomic mass is 10.1. The fraction of sp³-hybridized carbons (Fsp3) is 0.288. The minimum atomic E-state index is 0.309. The van der Waals surface area contributed by atoms with Crippen LogP contribution >= 0.6 is 0 Å². The summed E-state index contributed by atoms with van der Waals surface area (Å²) in [7, 11) is 0. The second-order valence-corrected chi connectivity index (χ2v) is 16.3. The second kappa shape index (κ2) is 24.8. The Balaban J connectivity index is 0.000000123. The Bertz CT molecular complexity index is 2300. The zero-order chi connectivity index (χ0) is 45.1. The highest BCUT2D eigenvalue weighted by Crippen LogP contribution is 2.28. The number of ether oxygens (including phenoxy) is 6. The molecule has 0 aromatic heterocycles. The molecule has 0 radical (unpaired) electrons. The van der Waals surface area contributed by atoms with Crippen LogP contribution in [0.3, 0.4) is 0 Å². The summed E-state index contributed by atoms with van der Waals surface area (Å²) in [5.74, 6) is 2.84. The van der Waals surface area contributed by atoms with Gasteiger partial charge in [0.1, 0.15) is 55.4 Å². The van der Waals surface area contributed by atoms with Crippen LogP contribution in [-0.4, -0.2) is 58.0 Å². The van der Waals surface area contributed by atoms with Crippen molar-refractivity contribution >= 4 is 32.3 Å². The molecule has 3 aliphatic rings. The summed E-state index contributed by atoms with van der Waals surface area (Å²) >= 11 is 0. The van der Waals surface area contributed by atoms with Gasteiger partial charge in [-0.2, -0.15) is 0 Å². The molecule has 6 heteroatoms. The summed E-state index contributed by atoms with van der Waals surface area (Å²) in [6.45, 7) is 13.2. The summed E-state index contributed by atoms with van der Waals surface area (Å²) < 4.78 is 32.5. The molecule has 0 bridgehead atoms. The van der Waals surface area contributed by atoms with Crippen LogP contribution in [0.5, 0.6) is 17.2 Å². The van der Waals surface area contributed by atoms with Crippen LogP contribution in [0.1, 0.15) is 49.9 Å². The summed E-state index contributed by atoms with van der Waals surface area (Å²) in [6, 6.07) is 60.7. The topological polar surface area (TPSA) is 65.3 Å². The van der Waals surface area contributed by atoms with Crippen LogP contribution < -0.4 is 14.2 Å². The van der Waals surface area contributed by atoms with Crippen molar-refractivity contribution < 1.29 is 28.4 Å². The van der Waals surface area contributed by atoms with Gasteiger partial charge in [0.25, 0.3) is 0 Å². The van der Waals surface area contributed by atoms with E-state index in [0.717, 1.165) is 62.8 Å². The van der Waals surface area contributed by atoms with Crippen molar-refractivity contribution in [1.82, 2.24) is 0 Å². The molecule has 0 spiro atoms. The van der Waals surface area contributed by atoms with Crippen molar-refractivity contribution in [3.05, 3.63) is 198 Å². The van der Waals surface area contributed by atoms with Crippen molar-refractivity contribution in [3.8, 4) is 17.2 Å². The van der Waals surface area contributed by atoms with E-state index < -0.39 is 0 Å². The Morgan fingerprint density at radius 1 is 0.323 bits per heavy atom. The molecule has 3 unspecified atom stereocenters. The number of aryl methyl sites for hydroxylation is 4. The molecule has 8 aromatic carbocycles. The first-order chi connectivity index (χ1) is 32.0. The Kier molecular flexibility index (Phi) is 17.8. The quantitative estimate of drug-likeness (QED) is 0.108. The highest BCUT2D eigenvalue weighted by Gasteiger charge is 2.24. The monoisotopic (exact) mass is 868 g/mol. The minimum Gasteiger partial charge on any atom is -0.490 e. The van der Waals surface area contributed by atoms with Gasteiger partial charge in [-0.15, -0.1) is 0 Å². The molecular weight excluding hydrogens is 805 g/mol. The largest absolute Gasteiger partial charge is 0.490 e. The van der Waals surface area contributed by atoms with Crippen molar-refractivity contribution in [2.75, 3.05) is 39.6 Å². The lowest BCUT2D eigenvalue weighted by Crippen LogP contribution is -2.04. The van der Waals surface area contributed by atoms with Gasteiger partial charge < -0.3 is 28.4 Å². The fourth-order valence-corrected chi connectivity index (χ4v) is 7.03. The van der Waals surface area contributed by atoms with E-state index in [1.165, 1.54) is 54.6 Å². The van der Waals surface area contributed by atoms with Gasteiger partial charge in [-0.25, -0.2) is 0 Å². The Labute approximate surface area is 386 Å². The average Bonchev–Trinajstić information content (AvgIpc) is 4.22. The molecule has 65 heavy (non-hydrogen) atoms. The van der Waals surface area contributed by atoms with Crippen LogP contribution in [0.15, 0.2) is 176 Å². The van der Waals surface area contributed by atoms with Gasteiger partial charge >= 0.3 is 0 Å². The SMILES string of the molecule is CCc1ccc(CC)cc1.CCc1ccc(CC)cc1.c1ccc2c(OCC3CO3)cccc2c1.c1ccc2c(OCC3CO3)cccc2c1.c1ccc2c(OCC3CO3)cccc2c1. The third-order valence-corrected chi connectivity index (χ3v) is 11.4. The second-order valence-electron chi connectivity index (χ2n) is 16.3. The summed E-state index contributed by atoms with van der Waals surface area (Å²) in [6.07, 6.45) is 5.50. The Morgan fingerprint density at radius 3 is 0.785 bits per heavy atom. The average molecular weight is 869 g/mol. The van der Waals surface area contributed by atoms with Crippen LogP contribution in [0.25, 0.3) is 32.3 Å². The van der Waals surface area contributed by atoms with E-state index in [1.54, 1.807) is 0 Å². The molecular formula is C59H64O6. The summed E-state index contributed by atoms with van der Waals surface area (Å²) in [5, 5.41) is 7.15. The summed E-state index contributed by atoms with van der Waals surface area (Å²) in [4.78, 5) is 0. The van der Waals surface area contributed by atoms with Gasteiger partial charge in [-0.05, 0) is 82.3 Å². The van der Waals surface area contributed by atoms with Crippen LogP contribution in [-0.2, 0) is 39.9 Å². The van der Waals surface area contributed by atoms with Gasteiger partial charge in [0.15, 0.2) is 0 Å². The van der Waals surface area contributed by atoms with E-state index in [4.69, 9.17) is 28.4 Å². The maximum absolute atomic E-state index is 5.72. The van der Waals surface area contributed by atoms with Crippen molar-refractivity contribution in [2.24, 2.45) is 0 Å². The van der Waals surface area contributed by atoms with Gasteiger partial charge in [0.2, 0.25) is 0 Å². The zero-order valence-corrected chi connectivity index (χ0v) is 38.5. The van der Waals surface area contributed by atoms with Crippen molar-refractivity contribution in [1.29, 1.82) is 0 Å². The molecule has 3 aliphatic heterocycles. The first-order valence-corrected chi connectivity index (χ1v) is 23.4. The molecule has 336 valence electrons. The maximum atomic E-state index is 5.72. The van der Waals surface area contributed by atoms with Crippen LogP contribution in [0, 0.1) is 0 Å². The molecule has 0 amide bonds. The summed E-state index contributed by atoms with van der Waals surface area (Å²) in [5.41, 5.74) is 5.71. The normalized spacial score (nSPS) is 16.2. The number of rotatable bonds is 13. The van der Waals surface area contributed by atoms with Crippen molar-refractivity contribution in [3.63, 3.8) is 0 Å². The third kappa shape index (κ3) is 15.2. The smallest absolute Gasteiger partial charge is 0.127 e. The molecule has 11 rings (SSSR count). The van der Waals surface area contributed by atoms with Gasteiger partial charge in [-0.3, -0.25) is 0 Å². The first kappa shape index (κ1) is 46.8. The first-order valence-electron chi connectivity index (χ1n) is 23.4. The highest BCUT2D eigenvalue weighted by atomic mass is 16.6. The number of hydrogen-bond acceptors (Lipinski definition) is 6. The van der Waals surface area contributed by atoms with Gasteiger partial charge in [0, 0.05) is 16.2 Å². The molecule has 3 fully saturated rings. The lowest BCUT2D eigenvalue weighted by Gasteiger charge is -2.07. The standard InChI is InChI=1S/3C13H12O2.2C10H14/c3*1-2-6-12-10(4-1)5-3-7-13(12)15-9-11-8-14-11;2*1-3-9-5-7-10(4-2)8-6-9/h3*1-7,11H,8-9H2;2*5-8H,3-4H2,1-2H3. The van der Waals surface area contributed by atoms with E-state index in [0.29, 0.717) is 38.1 Å². The number of benzene rings is 8. The van der Waals surface area contributed by atoms with E-state index in [1.807, 2.05) is 72.8 Å². The molecule has 0 N–H and O–H groups in total. The number of epoxide rings is 3. The molecule has 3 atom stereocenters. The lowest BCUT2D eigenvalue weighted by molar-refractivity contribution is 0.265. The minimum absolute atomic E-state index is 0.309. The highest BCUT2D eigenvalue weighted by molar-refractivity contribution is 5.89. The molecule has 0 aliphatic carbocycles. The Hall–Kier alpha value is -6.18. The van der Waals surface area contributed by atoms with Crippen LogP contribution in [0.4, 0.5) is 0 Å². The molecule has 3 heterocycles. The van der Waals surface area contributed by atoms with E-state index in [-0.39, 0.29) is 0 Å². The zero-order valence-electron chi connectivity index (χ0n) is 38.5. The predicted molar refractivity (Wildman–Crippen MR) is 268 cm³/mol.